The number of fused-ring (bicyclic) bond motifs is 1. The molecule has 106 valence electrons. The van der Waals surface area contributed by atoms with E-state index in [4.69, 9.17) is 0 Å². The van der Waals surface area contributed by atoms with Crippen LogP contribution in [0, 0.1) is 17.8 Å². The SMILES string of the molecule is Br.c1ccc2c(c1)ncn2C12CC3CC(CC(C3)C1)C2. The first-order valence-electron chi connectivity index (χ1n) is 7.75. The van der Waals surface area contributed by atoms with E-state index in [1.165, 1.54) is 49.6 Å². The van der Waals surface area contributed by atoms with Gasteiger partial charge in [0.15, 0.2) is 0 Å². The molecule has 4 fully saturated rings. The van der Waals surface area contributed by atoms with Gasteiger partial charge in [0.1, 0.15) is 0 Å². The first-order valence-corrected chi connectivity index (χ1v) is 7.75. The van der Waals surface area contributed by atoms with Crippen LogP contribution in [0.3, 0.4) is 0 Å². The highest BCUT2D eigenvalue weighted by Gasteiger charge is 2.52. The molecule has 6 rings (SSSR count). The van der Waals surface area contributed by atoms with Gasteiger partial charge in [0, 0.05) is 5.54 Å². The van der Waals surface area contributed by atoms with Crippen molar-refractivity contribution < 1.29 is 0 Å². The van der Waals surface area contributed by atoms with E-state index in [2.05, 4.69) is 40.1 Å². The van der Waals surface area contributed by atoms with E-state index in [0.29, 0.717) is 5.54 Å². The largest absolute Gasteiger partial charge is 0.324 e. The van der Waals surface area contributed by atoms with Crippen LogP contribution in [0.1, 0.15) is 38.5 Å². The van der Waals surface area contributed by atoms with Crippen LogP contribution in [0.2, 0.25) is 0 Å². The van der Waals surface area contributed by atoms with Crippen molar-refractivity contribution in [2.45, 2.75) is 44.1 Å². The first kappa shape index (κ1) is 12.9. The fourth-order valence-electron chi connectivity index (χ4n) is 5.70. The third kappa shape index (κ3) is 1.65. The Labute approximate surface area is 130 Å². The lowest BCUT2D eigenvalue weighted by molar-refractivity contribution is -0.0410. The van der Waals surface area contributed by atoms with Crippen molar-refractivity contribution in [3.8, 4) is 0 Å². The zero-order valence-electron chi connectivity index (χ0n) is 11.7. The summed E-state index contributed by atoms with van der Waals surface area (Å²) in [6.07, 6.45) is 10.8. The first-order chi connectivity index (χ1) is 9.32. The number of nitrogens with zero attached hydrogens (tertiary/aromatic N) is 2. The summed E-state index contributed by atoms with van der Waals surface area (Å²) in [4.78, 5) is 4.64. The van der Waals surface area contributed by atoms with E-state index in [-0.39, 0.29) is 17.0 Å². The topological polar surface area (TPSA) is 17.8 Å². The minimum absolute atomic E-state index is 0. The van der Waals surface area contributed by atoms with Crippen LogP contribution in [0.5, 0.6) is 0 Å². The fraction of sp³-hybridized carbons (Fsp3) is 0.588. The molecule has 20 heavy (non-hydrogen) atoms. The smallest absolute Gasteiger partial charge is 0.0963 e. The molecule has 0 radical (unpaired) electrons. The fourth-order valence-corrected chi connectivity index (χ4v) is 5.70. The molecule has 4 aliphatic carbocycles. The Bertz CT molecular complexity index is 610. The lowest BCUT2D eigenvalue weighted by atomic mass is 9.53. The van der Waals surface area contributed by atoms with Crippen molar-refractivity contribution >= 4 is 28.0 Å². The zero-order valence-corrected chi connectivity index (χ0v) is 13.4. The molecular weight excluding hydrogens is 312 g/mol. The molecule has 0 atom stereocenters. The number of halogens is 1. The number of benzene rings is 1. The van der Waals surface area contributed by atoms with Crippen molar-refractivity contribution in [2.75, 3.05) is 0 Å². The van der Waals surface area contributed by atoms with Gasteiger partial charge in [-0.2, -0.15) is 0 Å². The van der Waals surface area contributed by atoms with Crippen molar-refractivity contribution in [1.29, 1.82) is 0 Å². The van der Waals surface area contributed by atoms with Gasteiger partial charge in [0.2, 0.25) is 0 Å². The Morgan fingerprint density at radius 3 is 2.20 bits per heavy atom. The van der Waals surface area contributed by atoms with Crippen LogP contribution < -0.4 is 0 Å². The van der Waals surface area contributed by atoms with Gasteiger partial charge in [0.05, 0.1) is 17.4 Å². The lowest BCUT2D eigenvalue weighted by Crippen LogP contribution is -2.51. The quantitative estimate of drug-likeness (QED) is 0.749. The molecule has 2 aromatic rings. The third-order valence-electron chi connectivity index (χ3n) is 5.97. The predicted molar refractivity (Wildman–Crippen MR) is 86.2 cm³/mol. The van der Waals surface area contributed by atoms with E-state index in [1.807, 2.05) is 0 Å². The summed E-state index contributed by atoms with van der Waals surface area (Å²) in [6, 6.07) is 8.65. The summed E-state index contributed by atoms with van der Waals surface area (Å²) in [7, 11) is 0. The Kier molecular flexibility index (Phi) is 2.79. The van der Waals surface area contributed by atoms with E-state index in [0.717, 1.165) is 17.8 Å². The maximum atomic E-state index is 4.64. The number of imidazole rings is 1. The third-order valence-corrected chi connectivity index (χ3v) is 5.97. The molecular formula is C17H21BrN2. The van der Waals surface area contributed by atoms with Gasteiger partial charge in [-0.05, 0) is 68.4 Å². The summed E-state index contributed by atoms with van der Waals surface area (Å²) in [5, 5.41) is 0. The molecule has 3 heteroatoms. The van der Waals surface area contributed by atoms with Gasteiger partial charge in [-0.1, -0.05) is 12.1 Å². The molecule has 0 saturated heterocycles. The summed E-state index contributed by atoms with van der Waals surface area (Å²) < 4.78 is 2.55. The molecule has 1 aromatic carbocycles. The molecule has 0 spiro atoms. The number of hydrogen-bond donors (Lipinski definition) is 0. The molecule has 4 aliphatic rings. The maximum Gasteiger partial charge on any atom is 0.0963 e. The summed E-state index contributed by atoms with van der Waals surface area (Å²) in [6.45, 7) is 0. The van der Waals surface area contributed by atoms with E-state index >= 15 is 0 Å². The van der Waals surface area contributed by atoms with Gasteiger partial charge >= 0.3 is 0 Å². The second-order valence-electron chi connectivity index (χ2n) is 7.25. The van der Waals surface area contributed by atoms with E-state index in [9.17, 15) is 0 Å². The summed E-state index contributed by atoms with van der Waals surface area (Å²) in [5.41, 5.74) is 2.92. The molecule has 0 aliphatic heterocycles. The Morgan fingerprint density at radius 2 is 1.55 bits per heavy atom. The van der Waals surface area contributed by atoms with Crippen molar-refractivity contribution in [3.05, 3.63) is 30.6 Å². The van der Waals surface area contributed by atoms with Crippen molar-refractivity contribution in [3.63, 3.8) is 0 Å². The van der Waals surface area contributed by atoms with Crippen LogP contribution >= 0.6 is 17.0 Å². The molecule has 0 amide bonds. The van der Waals surface area contributed by atoms with Crippen LogP contribution in [0.4, 0.5) is 0 Å². The molecule has 0 N–H and O–H groups in total. The normalized spacial score (nSPS) is 38.1. The van der Waals surface area contributed by atoms with E-state index in [1.54, 1.807) is 0 Å². The number of rotatable bonds is 1. The maximum absolute atomic E-state index is 4.64. The van der Waals surface area contributed by atoms with Gasteiger partial charge in [-0.25, -0.2) is 4.98 Å². The molecule has 4 bridgehead atoms. The standard InChI is InChI=1S/C17H20N2.BrH/c1-2-4-16-15(3-1)18-11-19(16)17-8-12-5-13(9-17)7-14(6-12)10-17;/h1-4,11-14H,5-10H2;1H. The number of aromatic nitrogens is 2. The van der Waals surface area contributed by atoms with Crippen molar-refractivity contribution in [1.82, 2.24) is 9.55 Å². The van der Waals surface area contributed by atoms with Crippen LogP contribution in [-0.4, -0.2) is 9.55 Å². The Morgan fingerprint density at radius 1 is 0.950 bits per heavy atom. The van der Waals surface area contributed by atoms with Crippen molar-refractivity contribution in [2.24, 2.45) is 17.8 Å². The number of hydrogen-bond acceptors (Lipinski definition) is 1. The van der Waals surface area contributed by atoms with Gasteiger partial charge in [-0.15, -0.1) is 17.0 Å². The van der Waals surface area contributed by atoms with E-state index < -0.39 is 0 Å². The Balaban J connectivity index is 0.00000106. The minimum atomic E-state index is 0. The van der Waals surface area contributed by atoms with Crippen LogP contribution in [0.25, 0.3) is 11.0 Å². The molecule has 1 aromatic heterocycles. The second-order valence-corrected chi connectivity index (χ2v) is 7.25. The molecule has 4 saturated carbocycles. The summed E-state index contributed by atoms with van der Waals surface area (Å²) >= 11 is 0. The van der Waals surface area contributed by atoms with Gasteiger partial charge in [0.25, 0.3) is 0 Å². The Hall–Kier alpha value is -0.830. The zero-order chi connectivity index (χ0) is 12.4. The van der Waals surface area contributed by atoms with Crippen LogP contribution in [0.15, 0.2) is 30.6 Å². The molecule has 2 nitrogen and oxygen atoms in total. The highest BCUT2D eigenvalue weighted by molar-refractivity contribution is 8.93. The minimum Gasteiger partial charge on any atom is -0.324 e. The van der Waals surface area contributed by atoms with Gasteiger partial charge < -0.3 is 4.57 Å². The second kappa shape index (κ2) is 4.33. The highest BCUT2D eigenvalue weighted by atomic mass is 79.9. The predicted octanol–water partition coefficient (Wildman–Crippen LogP) is 4.54. The molecule has 0 unspecified atom stereocenters. The number of para-hydroxylation sites is 2. The van der Waals surface area contributed by atoms with Crippen LogP contribution in [-0.2, 0) is 5.54 Å². The van der Waals surface area contributed by atoms with Gasteiger partial charge in [-0.3, -0.25) is 0 Å². The summed E-state index contributed by atoms with van der Waals surface area (Å²) in [5.74, 6) is 2.98. The average Bonchev–Trinajstić information content (AvgIpc) is 2.81. The highest BCUT2D eigenvalue weighted by Crippen LogP contribution is 2.59. The molecule has 1 heterocycles. The average molecular weight is 333 g/mol. The monoisotopic (exact) mass is 332 g/mol. The lowest BCUT2D eigenvalue weighted by Gasteiger charge is -2.57.